The van der Waals surface area contributed by atoms with Crippen molar-refractivity contribution < 1.29 is 9.47 Å². The first-order valence-electron chi connectivity index (χ1n) is 5.84. The molecular formula is C11H24N2O2. The summed E-state index contributed by atoms with van der Waals surface area (Å²) in [6, 6.07) is 0. The summed E-state index contributed by atoms with van der Waals surface area (Å²) in [4.78, 5) is 2.12. The van der Waals surface area contributed by atoms with Crippen molar-refractivity contribution in [2.75, 3.05) is 53.6 Å². The molecule has 0 aliphatic carbocycles. The minimum Gasteiger partial charge on any atom is -0.378 e. The van der Waals surface area contributed by atoms with Crippen LogP contribution in [0.3, 0.4) is 0 Å². The van der Waals surface area contributed by atoms with Crippen LogP contribution in [0.5, 0.6) is 0 Å². The molecule has 1 saturated heterocycles. The Bertz CT molecular complexity index is 148. The van der Waals surface area contributed by atoms with Crippen molar-refractivity contribution in [2.45, 2.75) is 18.9 Å². The van der Waals surface area contributed by atoms with Gasteiger partial charge in [0.2, 0.25) is 0 Å². The first-order chi connectivity index (χ1) is 7.29. The minimum atomic E-state index is 0.448. The van der Waals surface area contributed by atoms with Gasteiger partial charge in [-0.1, -0.05) is 0 Å². The summed E-state index contributed by atoms with van der Waals surface area (Å²) in [5.41, 5.74) is 0. The number of rotatable bonds is 7. The molecule has 0 saturated carbocycles. The molecule has 1 aliphatic rings. The van der Waals surface area contributed by atoms with Crippen molar-refractivity contribution >= 4 is 0 Å². The van der Waals surface area contributed by atoms with Gasteiger partial charge in [-0.3, -0.25) is 0 Å². The molecular weight excluding hydrogens is 192 g/mol. The van der Waals surface area contributed by atoms with E-state index in [4.69, 9.17) is 9.47 Å². The number of piperidine rings is 1. The van der Waals surface area contributed by atoms with Gasteiger partial charge in [0.15, 0.2) is 0 Å². The fraction of sp³-hybridized carbons (Fsp3) is 1.00. The Balaban J connectivity index is 1.83. The molecule has 4 heteroatoms. The van der Waals surface area contributed by atoms with Crippen LogP contribution in [0.1, 0.15) is 12.8 Å². The highest BCUT2D eigenvalue weighted by Gasteiger charge is 2.12. The lowest BCUT2D eigenvalue weighted by molar-refractivity contribution is -0.00896. The second kappa shape index (κ2) is 8.05. The molecule has 90 valence electrons. The lowest BCUT2D eigenvalue weighted by Gasteiger charge is -2.22. The van der Waals surface area contributed by atoms with Crippen molar-refractivity contribution in [3.8, 4) is 0 Å². The Morgan fingerprint density at radius 2 is 1.87 bits per heavy atom. The molecule has 4 nitrogen and oxygen atoms in total. The van der Waals surface area contributed by atoms with Crippen molar-refractivity contribution in [3.63, 3.8) is 0 Å². The summed E-state index contributed by atoms with van der Waals surface area (Å²) in [5, 5.41) is 3.32. The zero-order valence-electron chi connectivity index (χ0n) is 10.00. The molecule has 0 bridgehead atoms. The van der Waals surface area contributed by atoms with E-state index in [1.54, 1.807) is 0 Å². The van der Waals surface area contributed by atoms with Crippen LogP contribution >= 0.6 is 0 Å². The Labute approximate surface area is 92.9 Å². The van der Waals surface area contributed by atoms with Crippen LogP contribution in [-0.2, 0) is 9.47 Å². The largest absolute Gasteiger partial charge is 0.378 e. The molecule has 1 aliphatic heterocycles. The van der Waals surface area contributed by atoms with Gasteiger partial charge in [0.1, 0.15) is 0 Å². The fourth-order valence-electron chi connectivity index (χ4n) is 1.58. The summed E-state index contributed by atoms with van der Waals surface area (Å²) in [6.45, 7) is 5.41. The Morgan fingerprint density at radius 3 is 2.53 bits per heavy atom. The van der Waals surface area contributed by atoms with Crippen LogP contribution in [0.25, 0.3) is 0 Å². The normalized spacial score (nSPS) is 18.6. The molecule has 0 aromatic carbocycles. The second-order valence-corrected chi connectivity index (χ2v) is 4.24. The highest BCUT2D eigenvalue weighted by Crippen LogP contribution is 2.06. The number of nitrogens with one attached hydrogen (secondary N) is 1. The van der Waals surface area contributed by atoms with Gasteiger partial charge < -0.3 is 19.7 Å². The van der Waals surface area contributed by atoms with Gasteiger partial charge in [-0.2, -0.15) is 0 Å². The molecule has 0 atom stereocenters. The van der Waals surface area contributed by atoms with Gasteiger partial charge in [0.05, 0.1) is 25.9 Å². The summed E-state index contributed by atoms with van der Waals surface area (Å²) < 4.78 is 11.2. The molecule has 1 heterocycles. The quantitative estimate of drug-likeness (QED) is 0.622. The molecule has 0 radical (unpaired) electrons. The van der Waals surface area contributed by atoms with E-state index in [1.807, 2.05) is 0 Å². The van der Waals surface area contributed by atoms with Crippen LogP contribution in [-0.4, -0.2) is 64.6 Å². The van der Waals surface area contributed by atoms with E-state index in [1.165, 1.54) is 0 Å². The van der Waals surface area contributed by atoms with Crippen LogP contribution in [0.2, 0.25) is 0 Å². The third-order valence-electron chi connectivity index (χ3n) is 2.55. The summed E-state index contributed by atoms with van der Waals surface area (Å²) in [7, 11) is 4.10. The van der Waals surface area contributed by atoms with Gasteiger partial charge in [-0.15, -0.1) is 0 Å². The van der Waals surface area contributed by atoms with Crippen LogP contribution in [0.4, 0.5) is 0 Å². The maximum absolute atomic E-state index is 5.71. The second-order valence-electron chi connectivity index (χ2n) is 4.24. The first kappa shape index (κ1) is 12.9. The topological polar surface area (TPSA) is 33.7 Å². The van der Waals surface area contributed by atoms with E-state index in [0.717, 1.165) is 52.3 Å². The predicted octanol–water partition coefficient (Wildman–Crippen LogP) is 0.333. The average Bonchev–Trinajstić information content (AvgIpc) is 2.24. The molecule has 0 aromatic heterocycles. The van der Waals surface area contributed by atoms with Crippen LogP contribution < -0.4 is 5.32 Å². The standard InChI is InChI=1S/C11H24N2O2/c1-13(2)7-8-14-9-10-15-11-3-5-12-6-4-11/h11-12H,3-10H2,1-2H3. The molecule has 0 unspecified atom stereocenters. The van der Waals surface area contributed by atoms with Gasteiger partial charge in [0.25, 0.3) is 0 Å². The molecule has 0 spiro atoms. The number of hydrogen-bond acceptors (Lipinski definition) is 4. The number of ether oxygens (including phenoxy) is 2. The minimum absolute atomic E-state index is 0.448. The first-order valence-corrected chi connectivity index (χ1v) is 5.84. The predicted molar refractivity (Wildman–Crippen MR) is 61.2 cm³/mol. The lowest BCUT2D eigenvalue weighted by Crippen LogP contribution is -2.33. The lowest BCUT2D eigenvalue weighted by atomic mass is 10.1. The van der Waals surface area contributed by atoms with Gasteiger partial charge >= 0.3 is 0 Å². The van der Waals surface area contributed by atoms with Gasteiger partial charge in [-0.05, 0) is 40.0 Å². The third kappa shape index (κ3) is 6.84. The Morgan fingerprint density at radius 1 is 1.13 bits per heavy atom. The highest BCUT2D eigenvalue weighted by atomic mass is 16.5. The summed E-state index contributed by atoms with van der Waals surface area (Å²) in [5.74, 6) is 0. The summed E-state index contributed by atoms with van der Waals surface area (Å²) in [6.07, 6.45) is 2.72. The van der Waals surface area contributed by atoms with Crippen LogP contribution in [0, 0.1) is 0 Å². The van der Waals surface area contributed by atoms with Crippen LogP contribution in [0.15, 0.2) is 0 Å². The van der Waals surface area contributed by atoms with Crippen molar-refractivity contribution in [1.82, 2.24) is 10.2 Å². The summed E-state index contributed by atoms with van der Waals surface area (Å²) >= 11 is 0. The van der Waals surface area contributed by atoms with Gasteiger partial charge in [0, 0.05) is 6.54 Å². The monoisotopic (exact) mass is 216 g/mol. The Kier molecular flexibility index (Phi) is 6.92. The number of nitrogens with zero attached hydrogens (tertiary/aromatic N) is 1. The maximum Gasteiger partial charge on any atom is 0.0704 e. The van der Waals surface area contributed by atoms with E-state index in [9.17, 15) is 0 Å². The van der Waals surface area contributed by atoms with E-state index in [2.05, 4.69) is 24.3 Å². The smallest absolute Gasteiger partial charge is 0.0704 e. The van der Waals surface area contributed by atoms with E-state index in [0.29, 0.717) is 6.10 Å². The molecule has 1 rings (SSSR count). The number of likely N-dealkylation sites (N-methyl/N-ethyl adjacent to an activating group) is 1. The van der Waals surface area contributed by atoms with Crippen molar-refractivity contribution in [1.29, 1.82) is 0 Å². The van der Waals surface area contributed by atoms with Crippen molar-refractivity contribution in [3.05, 3.63) is 0 Å². The third-order valence-corrected chi connectivity index (χ3v) is 2.55. The fourth-order valence-corrected chi connectivity index (χ4v) is 1.58. The highest BCUT2D eigenvalue weighted by molar-refractivity contribution is 4.67. The maximum atomic E-state index is 5.71. The molecule has 1 N–H and O–H groups in total. The van der Waals surface area contributed by atoms with E-state index in [-0.39, 0.29) is 0 Å². The Hall–Kier alpha value is -0.160. The molecule has 0 amide bonds. The van der Waals surface area contributed by atoms with Crippen molar-refractivity contribution in [2.24, 2.45) is 0 Å². The SMILES string of the molecule is CN(C)CCOCCOC1CCNCC1. The average molecular weight is 216 g/mol. The zero-order chi connectivity index (χ0) is 10.9. The van der Waals surface area contributed by atoms with Gasteiger partial charge in [-0.25, -0.2) is 0 Å². The van der Waals surface area contributed by atoms with E-state index >= 15 is 0 Å². The molecule has 0 aromatic rings. The van der Waals surface area contributed by atoms with E-state index < -0.39 is 0 Å². The zero-order valence-corrected chi connectivity index (χ0v) is 10.00. The number of hydrogen-bond donors (Lipinski definition) is 1. The molecule has 1 fully saturated rings. The molecule has 15 heavy (non-hydrogen) atoms.